The molecule has 1 aliphatic carbocycles. The molecule has 5 heteroatoms. The third-order valence-corrected chi connectivity index (χ3v) is 4.57. The first-order valence-corrected chi connectivity index (χ1v) is 8.60. The van der Waals surface area contributed by atoms with Gasteiger partial charge >= 0.3 is 6.03 Å². The van der Waals surface area contributed by atoms with Crippen LogP contribution in [0, 0.1) is 5.92 Å². The summed E-state index contributed by atoms with van der Waals surface area (Å²) in [5.74, 6) is 1.82. The Kier molecular flexibility index (Phi) is 4.94. The molecule has 0 bridgehead atoms. The van der Waals surface area contributed by atoms with Crippen molar-refractivity contribution in [3.63, 3.8) is 0 Å². The second-order valence-corrected chi connectivity index (χ2v) is 6.72. The normalized spacial score (nSPS) is 18.7. The van der Waals surface area contributed by atoms with Crippen LogP contribution in [0.25, 0.3) is 0 Å². The summed E-state index contributed by atoms with van der Waals surface area (Å²) in [5, 5.41) is 6.21. The fourth-order valence-corrected chi connectivity index (χ4v) is 3.33. The second kappa shape index (κ2) is 7.11. The van der Waals surface area contributed by atoms with Crippen LogP contribution in [0.5, 0.6) is 11.5 Å². The van der Waals surface area contributed by atoms with Gasteiger partial charge in [-0.3, -0.25) is 0 Å². The molecule has 1 aliphatic heterocycles. The zero-order valence-electron chi connectivity index (χ0n) is 13.9. The van der Waals surface area contributed by atoms with Gasteiger partial charge in [0.2, 0.25) is 0 Å². The average Bonchev–Trinajstić information content (AvgIpc) is 3.05. The van der Waals surface area contributed by atoms with E-state index in [2.05, 4.69) is 24.5 Å². The Hall–Kier alpha value is -1.91. The summed E-state index contributed by atoms with van der Waals surface area (Å²) in [4.78, 5) is 12.3. The molecule has 2 amide bonds. The number of benzene rings is 1. The largest absolute Gasteiger partial charge is 0.486 e. The molecule has 1 saturated carbocycles. The molecule has 0 saturated heterocycles. The highest BCUT2D eigenvalue weighted by Crippen LogP contribution is 2.34. The first kappa shape index (κ1) is 16.0. The van der Waals surface area contributed by atoms with Crippen molar-refractivity contribution >= 4 is 6.03 Å². The van der Waals surface area contributed by atoms with E-state index in [0.29, 0.717) is 19.3 Å². The van der Waals surface area contributed by atoms with Crippen LogP contribution in [0.3, 0.4) is 0 Å². The SMILES string of the molecule is CC(C)C(NC(=O)NC1CCCC1)c1ccc2c(c1)OCCO2. The third kappa shape index (κ3) is 3.89. The van der Waals surface area contributed by atoms with Crippen molar-refractivity contribution in [3.05, 3.63) is 23.8 Å². The highest BCUT2D eigenvalue weighted by molar-refractivity contribution is 5.75. The number of nitrogens with one attached hydrogen (secondary N) is 2. The maximum Gasteiger partial charge on any atom is 0.315 e. The van der Waals surface area contributed by atoms with Gasteiger partial charge in [0.1, 0.15) is 13.2 Å². The summed E-state index contributed by atoms with van der Waals surface area (Å²) in [7, 11) is 0. The number of ether oxygens (including phenoxy) is 2. The van der Waals surface area contributed by atoms with Gasteiger partial charge in [-0.05, 0) is 36.5 Å². The number of hydrogen-bond acceptors (Lipinski definition) is 3. The van der Waals surface area contributed by atoms with Crippen LogP contribution in [0.15, 0.2) is 18.2 Å². The molecule has 2 N–H and O–H groups in total. The summed E-state index contributed by atoms with van der Waals surface area (Å²) >= 11 is 0. The molecule has 1 heterocycles. The summed E-state index contributed by atoms with van der Waals surface area (Å²) in [5.41, 5.74) is 1.05. The number of carbonyl (C=O) groups excluding carboxylic acids is 1. The van der Waals surface area contributed by atoms with Crippen molar-refractivity contribution in [2.75, 3.05) is 13.2 Å². The van der Waals surface area contributed by atoms with Crippen LogP contribution in [0.4, 0.5) is 4.79 Å². The van der Waals surface area contributed by atoms with Gasteiger partial charge in [-0.25, -0.2) is 4.79 Å². The fraction of sp³-hybridized carbons (Fsp3) is 0.611. The monoisotopic (exact) mass is 318 g/mol. The smallest absolute Gasteiger partial charge is 0.315 e. The molecule has 3 rings (SSSR count). The highest BCUT2D eigenvalue weighted by Gasteiger charge is 2.23. The molecule has 126 valence electrons. The number of amides is 2. The molecule has 0 aromatic heterocycles. The molecule has 1 aromatic carbocycles. The minimum atomic E-state index is -0.0783. The molecular formula is C18H26N2O3. The van der Waals surface area contributed by atoms with Crippen molar-refractivity contribution in [1.29, 1.82) is 0 Å². The molecule has 1 fully saturated rings. The van der Waals surface area contributed by atoms with E-state index in [1.165, 1.54) is 12.8 Å². The zero-order chi connectivity index (χ0) is 16.2. The zero-order valence-corrected chi connectivity index (χ0v) is 13.9. The number of urea groups is 1. The third-order valence-electron chi connectivity index (χ3n) is 4.57. The predicted molar refractivity (Wildman–Crippen MR) is 88.9 cm³/mol. The van der Waals surface area contributed by atoms with Crippen LogP contribution in [0.1, 0.15) is 51.1 Å². The second-order valence-electron chi connectivity index (χ2n) is 6.72. The van der Waals surface area contributed by atoms with Gasteiger partial charge in [0, 0.05) is 6.04 Å². The lowest BCUT2D eigenvalue weighted by molar-refractivity contribution is 0.171. The quantitative estimate of drug-likeness (QED) is 0.894. The van der Waals surface area contributed by atoms with Crippen molar-refractivity contribution in [2.24, 2.45) is 5.92 Å². The first-order valence-electron chi connectivity index (χ1n) is 8.60. The van der Waals surface area contributed by atoms with Gasteiger partial charge in [-0.1, -0.05) is 32.8 Å². The van der Waals surface area contributed by atoms with E-state index in [9.17, 15) is 4.79 Å². The van der Waals surface area contributed by atoms with Crippen LogP contribution in [0.2, 0.25) is 0 Å². The standard InChI is InChI=1S/C18H26N2O3/c1-12(2)17(20-18(21)19-14-5-3-4-6-14)13-7-8-15-16(11-13)23-10-9-22-15/h7-8,11-12,14,17H,3-6,9-10H2,1-2H3,(H2,19,20,21). The Balaban J connectivity index is 1.69. The average molecular weight is 318 g/mol. The van der Waals surface area contributed by atoms with Crippen molar-refractivity contribution in [1.82, 2.24) is 10.6 Å². The molecule has 0 spiro atoms. The highest BCUT2D eigenvalue weighted by atomic mass is 16.6. The van der Waals surface area contributed by atoms with E-state index < -0.39 is 0 Å². The first-order chi connectivity index (χ1) is 11.1. The Labute approximate surface area is 137 Å². The van der Waals surface area contributed by atoms with Crippen molar-refractivity contribution < 1.29 is 14.3 Å². The van der Waals surface area contributed by atoms with Gasteiger partial charge in [-0.2, -0.15) is 0 Å². The van der Waals surface area contributed by atoms with Crippen molar-refractivity contribution in [3.8, 4) is 11.5 Å². The Morgan fingerprint density at radius 2 is 1.83 bits per heavy atom. The summed E-state index contributed by atoms with van der Waals surface area (Å²) in [6.07, 6.45) is 4.59. The van der Waals surface area contributed by atoms with Gasteiger partial charge in [-0.15, -0.1) is 0 Å². The van der Waals surface area contributed by atoms with Gasteiger partial charge < -0.3 is 20.1 Å². The lowest BCUT2D eigenvalue weighted by Gasteiger charge is -2.26. The van der Waals surface area contributed by atoms with Crippen LogP contribution in [-0.4, -0.2) is 25.3 Å². The van der Waals surface area contributed by atoms with E-state index in [1.54, 1.807) is 0 Å². The lowest BCUT2D eigenvalue weighted by Crippen LogP contribution is -2.43. The molecule has 1 atom stereocenters. The van der Waals surface area contributed by atoms with E-state index in [-0.39, 0.29) is 18.0 Å². The Morgan fingerprint density at radius 1 is 1.13 bits per heavy atom. The summed E-state index contributed by atoms with van der Waals surface area (Å²) < 4.78 is 11.2. The van der Waals surface area contributed by atoms with E-state index in [0.717, 1.165) is 29.9 Å². The van der Waals surface area contributed by atoms with Crippen molar-refractivity contribution in [2.45, 2.75) is 51.6 Å². The molecule has 1 unspecified atom stereocenters. The summed E-state index contributed by atoms with van der Waals surface area (Å²) in [6, 6.07) is 6.11. The number of carbonyl (C=O) groups is 1. The predicted octanol–water partition coefficient (Wildman–Crippen LogP) is 3.40. The minimum Gasteiger partial charge on any atom is -0.486 e. The Bertz CT molecular complexity index is 553. The molecule has 1 aromatic rings. The molecule has 23 heavy (non-hydrogen) atoms. The van der Waals surface area contributed by atoms with Crippen LogP contribution >= 0.6 is 0 Å². The van der Waals surface area contributed by atoms with Crippen LogP contribution in [-0.2, 0) is 0 Å². The number of hydrogen-bond donors (Lipinski definition) is 2. The lowest BCUT2D eigenvalue weighted by atomic mass is 9.95. The van der Waals surface area contributed by atoms with Gasteiger partial charge in [0.05, 0.1) is 6.04 Å². The van der Waals surface area contributed by atoms with E-state index >= 15 is 0 Å². The topological polar surface area (TPSA) is 59.6 Å². The van der Waals surface area contributed by atoms with Gasteiger partial charge in [0.25, 0.3) is 0 Å². The van der Waals surface area contributed by atoms with E-state index in [1.807, 2.05) is 18.2 Å². The number of fused-ring (bicyclic) bond motifs is 1. The summed E-state index contributed by atoms with van der Waals surface area (Å²) in [6.45, 7) is 5.37. The number of rotatable bonds is 4. The maximum atomic E-state index is 12.3. The maximum absolute atomic E-state index is 12.3. The van der Waals surface area contributed by atoms with Crippen LogP contribution < -0.4 is 20.1 Å². The minimum absolute atomic E-state index is 0.0489. The molecule has 0 radical (unpaired) electrons. The Morgan fingerprint density at radius 3 is 2.52 bits per heavy atom. The van der Waals surface area contributed by atoms with E-state index in [4.69, 9.17) is 9.47 Å². The fourth-order valence-electron chi connectivity index (χ4n) is 3.33. The molecule has 5 nitrogen and oxygen atoms in total. The molecule has 2 aliphatic rings. The van der Waals surface area contributed by atoms with Gasteiger partial charge in [0.15, 0.2) is 11.5 Å². The molecular weight excluding hydrogens is 292 g/mol.